The standard InChI is InChI=1S/C24H19N/c1-3-16-9-8-14-17-15(2)22-20-12-6-4-10-18(20)19-11-5-7-13-21(19)24(22)25-23(16)17/h4-14H,3H2,1-2H3. The minimum absolute atomic E-state index is 1.00. The first-order valence-electron chi connectivity index (χ1n) is 8.91. The van der Waals surface area contributed by atoms with Gasteiger partial charge in [-0.15, -0.1) is 0 Å². The summed E-state index contributed by atoms with van der Waals surface area (Å²) in [6.45, 7) is 4.45. The highest BCUT2D eigenvalue weighted by atomic mass is 14.7. The number of fused-ring (bicyclic) bond motifs is 7. The van der Waals surface area contributed by atoms with Crippen molar-refractivity contribution >= 4 is 43.4 Å². The molecule has 4 aromatic carbocycles. The van der Waals surface area contributed by atoms with Crippen LogP contribution in [0.2, 0.25) is 0 Å². The molecule has 1 aromatic heterocycles. The molecule has 0 N–H and O–H groups in total. The molecule has 0 radical (unpaired) electrons. The largest absolute Gasteiger partial charge is 0.247 e. The Labute approximate surface area is 146 Å². The van der Waals surface area contributed by atoms with E-state index in [2.05, 4.69) is 80.6 Å². The summed E-state index contributed by atoms with van der Waals surface area (Å²) in [7, 11) is 0. The van der Waals surface area contributed by atoms with Crippen LogP contribution in [0.15, 0.2) is 66.7 Å². The number of aryl methyl sites for hydroxylation is 2. The number of aromatic nitrogens is 1. The lowest BCUT2D eigenvalue weighted by Gasteiger charge is -2.15. The molecule has 0 aliphatic rings. The van der Waals surface area contributed by atoms with Gasteiger partial charge in [0.05, 0.1) is 11.0 Å². The van der Waals surface area contributed by atoms with E-state index in [-0.39, 0.29) is 0 Å². The van der Waals surface area contributed by atoms with Crippen molar-refractivity contribution in [3.63, 3.8) is 0 Å². The van der Waals surface area contributed by atoms with Crippen LogP contribution in [0.4, 0.5) is 0 Å². The zero-order valence-electron chi connectivity index (χ0n) is 14.5. The van der Waals surface area contributed by atoms with E-state index in [4.69, 9.17) is 4.98 Å². The van der Waals surface area contributed by atoms with Crippen molar-refractivity contribution in [2.45, 2.75) is 20.3 Å². The van der Waals surface area contributed by atoms with Crippen LogP contribution in [0, 0.1) is 6.92 Å². The fraction of sp³-hybridized carbons (Fsp3) is 0.125. The summed E-state index contributed by atoms with van der Waals surface area (Å²) in [5.74, 6) is 0. The fourth-order valence-electron chi connectivity index (χ4n) is 4.18. The Morgan fingerprint density at radius 3 is 1.96 bits per heavy atom. The molecule has 0 spiro atoms. The van der Waals surface area contributed by atoms with Gasteiger partial charge in [0.1, 0.15) is 0 Å². The maximum atomic E-state index is 5.19. The average molecular weight is 321 g/mol. The molecular formula is C24H19N. The molecule has 0 atom stereocenters. The molecule has 1 heteroatoms. The van der Waals surface area contributed by atoms with E-state index in [1.54, 1.807) is 0 Å². The molecule has 0 aliphatic heterocycles. The van der Waals surface area contributed by atoms with Crippen molar-refractivity contribution in [1.29, 1.82) is 0 Å². The lowest BCUT2D eigenvalue weighted by molar-refractivity contribution is 1.15. The van der Waals surface area contributed by atoms with Crippen LogP contribution < -0.4 is 0 Å². The van der Waals surface area contributed by atoms with Crippen molar-refractivity contribution in [3.8, 4) is 0 Å². The number of benzene rings is 4. The Kier molecular flexibility index (Phi) is 3.05. The van der Waals surface area contributed by atoms with Gasteiger partial charge in [-0.2, -0.15) is 0 Å². The average Bonchev–Trinajstić information content (AvgIpc) is 2.68. The molecule has 0 aliphatic carbocycles. The van der Waals surface area contributed by atoms with Crippen LogP contribution >= 0.6 is 0 Å². The summed E-state index contributed by atoms with van der Waals surface area (Å²) >= 11 is 0. The van der Waals surface area contributed by atoms with Gasteiger partial charge >= 0.3 is 0 Å². The third kappa shape index (κ3) is 1.93. The first kappa shape index (κ1) is 14.4. The number of rotatable bonds is 1. The van der Waals surface area contributed by atoms with E-state index in [0.717, 1.165) is 17.5 Å². The van der Waals surface area contributed by atoms with Crippen LogP contribution in [0.5, 0.6) is 0 Å². The predicted octanol–water partition coefficient (Wildman–Crippen LogP) is 6.57. The molecule has 25 heavy (non-hydrogen) atoms. The van der Waals surface area contributed by atoms with E-state index in [9.17, 15) is 0 Å². The Hall–Kier alpha value is -2.93. The van der Waals surface area contributed by atoms with Gasteiger partial charge in [0.2, 0.25) is 0 Å². The summed E-state index contributed by atoms with van der Waals surface area (Å²) in [5.41, 5.74) is 4.92. The van der Waals surface area contributed by atoms with E-state index >= 15 is 0 Å². The monoisotopic (exact) mass is 321 g/mol. The third-order valence-corrected chi connectivity index (χ3v) is 5.41. The molecule has 120 valence electrons. The topological polar surface area (TPSA) is 12.9 Å². The highest BCUT2D eigenvalue weighted by molar-refractivity contribution is 6.26. The number of nitrogens with zero attached hydrogens (tertiary/aromatic N) is 1. The zero-order chi connectivity index (χ0) is 17.0. The van der Waals surface area contributed by atoms with Crippen LogP contribution in [-0.2, 0) is 6.42 Å². The van der Waals surface area contributed by atoms with Crippen molar-refractivity contribution in [3.05, 3.63) is 77.9 Å². The highest BCUT2D eigenvalue weighted by Crippen LogP contribution is 2.38. The molecule has 1 heterocycles. The van der Waals surface area contributed by atoms with Crippen LogP contribution in [-0.4, -0.2) is 4.98 Å². The van der Waals surface area contributed by atoms with Crippen molar-refractivity contribution in [2.24, 2.45) is 0 Å². The summed E-state index contributed by atoms with van der Waals surface area (Å²) in [6, 6.07) is 23.9. The molecule has 5 aromatic rings. The van der Waals surface area contributed by atoms with Crippen LogP contribution in [0.25, 0.3) is 43.4 Å². The Bertz CT molecular complexity index is 1280. The zero-order valence-corrected chi connectivity index (χ0v) is 14.5. The van der Waals surface area contributed by atoms with Gasteiger partial charge in [0.25, 0.3) is 0 Å². The third-order valence-electron chi connectivity index (χ3n) is 5.41. The molecule has 0 bridgehead atoms. The maximum absolute atomic E-state index is 5.19. The number of hydrogen-bond donors (Lipinski definition) is 0. The molecule has 0 fully saturated rings. The van der Waals surface area contributed by atoms with Crippen molar-refractivity contribution in [1.82, 2.24) is 4.98 Å². The lowest BCUT2D eigenvalue weighted by Crippen LogP contribution is -1.94. The number of pyridine rings is 1. The van der Waals surface area contributed by atoms with Crippen LogP contribution in [0.1, 0.15) is 18.1 Å². The molecule has 5 rings (SSSR count). The van der Waals surface area contributed by atoms with E-state index in [0.29, 0.717) is 0 Å². The second-order valence-corrected chi connectivity index (χ2v) is 6.72. The molecule has 0 saturated carbocycles. The van der Waals surface area contributed by atoms with Crippen LogP contribution in [0.3, 0.4) is 0 Å². The van der Waals surface area contributed by atoms with Crippen molar-refractivity contribution < 1.29 is 0 Å². The van der Waals surface area contributed by atoms with Gasteiger partial charge in [-0.3, -0.25) is 0 Å². The van der Waals surface area contributed by atoms with Gasteiger partial charge in [0, 0.05) is 16.2 Å². The van der Waals surface area contributed by atoms with E-state index < -0.39 is 0 Å². The minimum Gasteiger partial charge on any atom is -0.247 e. The Morgan fingerprint density at radius 2 is 1.24 bits per heavy atom. The highest BCUT2D eigenvalue weighted by Gasteiger charge is 2.14. The molecule has 0 saturated heterocycles. The quantitative estimate of drug-likeness (QED) is 0.251. The molecule has 0 unspecified atom stereocenters. The fourth-order valence-corrected chi connectivity index (χ4v) is 4.18. The first-order chi connectivity index (χ1) is 12.3. The Morgan fingerprint density at radius 1 is 0.640 bits per heavy atom. The number of para-hydroxylation sites is 1. The normalized spacial score (nSPS) is 11.8. The molecule has 0 amide bonds. The smallest absolute Gasteiger partial charge is 0.0797 e. The second kappa shape index (κ2) is 5.29. The van der Waals surface area contributed by atoms with Gasteiger partial charge in [-0.1, -0.05) is 73.7 Å². The van der Waals surface area contributed by atoms with Gasteiger partial charge in [-0.05, 0) is 40.6 Å². The van der Waals surface area contributed by atoms with Gasteiger partial charge < -0.3 is 0 Å². The molecular weight excluding hydrogens is 302 g/mol. The second-order valence-electron chi connectivity index (χ2n) is 6.72. The predicted molar refractivity (Wildman–Crippen MR) is 108 cm³/mol. The minimum atomic E-state index is 1.00. The maximum Gasteiger partial charge on any atom is 0.0797 e. The lowest BCUT2D eigenvalue weighted by atomic mass is 9.92. The van der Waals surface area contributed by atoms with E-state index in [1.807, 2.05) is 0 Å². The van der Waals surface area contributed by atoms with Gasteiger partial charge in [0.15, 0.2) is 0 Å². The van der Waals surface area contributed by atoms with E-state index in [1.165, 1.54) is 43.4 Å². The number of hydrogen-bond acceptors (Lipinski definition) is 1. The summed E-state index contributed by atoms with van der Waals surface area (Å²) in [6.07, 6.45) is 1.00. The first-order valence-corrected chi connectivity index (χ1v) is 8.91. The van der Waals surface area contributed by atoms with Crippen molar-refractivity contribution in [2.75, 3.05) is 0 Å². The summed E-state index contributed by atoms with van der Waals surface area (Å²) in [5, 5.41) is 7.69. The Balaban J connectivity index is 2.17. The summed E-state index contributed by atoms with van der Waals surface area (Å²) < 4.78 is 0. The summed E-state index contributed by atoms with van der Waals surface area (Å²) in [4.78, 5) is 5.19. The van der Waals surface area contributed by atoms with Gasteiger partial charge in [-0.25, -0.2) is 4.98 Å². The SMILES string of the molecule is CCc1cccc2c(C)c3c4ccccc4c4ccccc4c3nc12. The molecule has 1 nitrogen and oxygen atoms in total.